The van der Waals surface area contributed by atoms with Gasteiger partial charge in [0.15, 0.2) is 0 Å². The maximum absolute atomic E-state index is 11.4. The highest BCUT2D eigenvalue weighted by Gasteiger charge is 2.49. The quantitative estimate of drug-likeness (QED) is 0.471. The first-order valence-corrected chi connectivity index (χ1v) is 6.27. The Hall–Kier alpha value is -1.58. The first-order chi connectivity index (χ1) is 8.43. The summed E-state index contributed by atoms with van der Waals surface area (Å²) in [4.78, 5) is 22.6. The molecule has 2 saturated carbocycles. The smallest absolute Gasteiger partial charge is 0.337 e. The number of allylic oxidation sites excluding steroid dienone is 1. The van der Waals surface area contributed by atoms with Gasteiger partial charge in [0, 0.05) is 17.4 Å². The van der Waals surface area contributed by atoms with E-state index < -0.39 is 5.97 Å². The molecular weight excluding hydrogens is 230 g/mol. The first-order valence-electron chi connectivity index (χ1n) is 6.27. The molecule has 18 heavy (non-hydrogen) atoms. The molecule has 98 valence electrons. The molecule has 2 unspecified atom stereocenters. The molecule has 0 aromatic heterocycles. The van der Waals surface area contributed by atoms with Gasteiger partial charge in [0.2, 0.25) is 5.91 Å². The Morgan fingerprint density at radius 3 is 2.89 bits per heavy atom. The van der Waals surface area contributed by atoms with Gasteiger partial charge < -0.3 is 10.5 Å². The lowest BCUT2D eigenvalue weighted by atomic mass is 9.77. The number of nitrogens with two attached hydrogens (primary N) is 1. The molecule has 2 rings (SSSR count). The predicted octanol–water partition coefficient (Wildman–Crippen LogP) is 2.06. The normalized spacial score (nSPS) is 31.6. The summed E-state index contributed by atoms with van der Waals surface area (Å²) in [6, 6.07) is 0. The molecule has 2 atom stereocenters. The third-order valence-electron chi connectivity index (χ3n) is 4.07. The van der Waals surface area contributed by atoms with E-state index in [0.717, 1.165) is 31.3 Å². The van der Waals surface area contributed by atoms with Gasteiger partial charge in [-0.25, -0.2) is 4.79 Å². The largest absolute Gasteiger partial charge is 0.431 e. The van der Waals surface area contributed by atoms with Crippen LogP contribution in [0.3, 0.4) is 0 Å². The van der Waals surface area contributed by atoms with Crippen LogP contribution in [0.15, 0.2) is 24.0 Å². The number of carbonyl (C=O) groups is 2. The lowest BCUT2D eigenvalue weighted by molar-refractivity contribution is -0.133. The molecule has 0 aliphatic heterocycles. The Labute approximate surface area is 107 Å². The molecule has 1 amide bonds. The lowest BCUT2D eigenvalue weighted by Crippen LogP contribution is -2.26. The minimum atomic E-state index is -0.417. The lowest BCUT2D eigenvalue weighted by Gasteiger charge is -2.27. The number of fused-ring (bicyclic) bond motifs is 2. The van der Waals surface area contributed by atoms with Crippen molar-refractivity contribution >= 4 is 11.9 Å². The summed E-state index contributed by atoms with van der Waals surface area (Å²) in [6.45, 7) is 5.15. The fourth-order valence-electron chi connectivity index (χ4n) is 3.24. The van der Waals surface area contributed by atoms with Crippen molar-refractivity contribution in [2.75, 3.05) is 0 Å². The van der Waals surface area contributed by atoms with E-state index in [9.17, 15) is 9.59 Å². The van der Waals surface area contributed by atoms with Crippen LogP contribution in [0.1, 0.15) is 39.0 Å². The highest BCUT2D eigenvalue weighted by Crippen LogP contribution is 2.59. The second kappa shape index (κ2) is 4.59. The Morgan fingerprint density at radius 1 is 1.61 bits per heavy atom. The van der Waals surface area contributed by atoms with Gasteiger partial charge in [-0.15, -0.1) is 0 Å². The van der Waals surface area contributed by atoms with Gasteiger partial charge in [-0.1, -0.05) is 6.58 Å². The van der Waals surface area contributed by atoms with Gasteiger partial charge in [-0.3, -0.25) is 4.79 Å². The molecule has 0 heterocycles. The topological polar surface area (TPSA) is 69.4 Å². The number of hydrogen-bond donors (Lipinski definition) is 1. The zero-order valence-corrected chi connectivity index (χ0v) is 10.7. The maximum Gasteiger partial charge on any atom is 0.337 e. The van der Waals surface area contributed by atoms with Crippen molar-refractivity contribution in [1.82, 2.24) is 0 Å². The fraction of sp³-hybridized carbons (Fsp3) is 0.571. The molecular formula is C14H19NO3. The summed E-state index contributed by atoms with van der Waals surface area (Å²) in [5.41, 5.74) is 6.62. The summed E-state index contributed by atoms with van der Waals surface area (Å²) in [7, 11) is 0. The zero-order chi connectivity index (χ0) is 13.3. The minimum absolute atomic E-state index is 0.147. The van der Waals surface area contributed by atoms with E-state index in [4.69, 9.17) is 10.5 Å². The highest BCUT2D eigenvalue weighted by molar-refractivity contribution is 5.87. The minimum Gasteiger partial charge on any atom is -0.431 e. The van der Waals surface area contributed by atoms with E-state index in [1.807, 2.05) is 0 Å². The summed E-state index contributed by atoms with van der Waals surface area (Å²) in [5.74, 6) is -0.0895. The first kappa shape index (κ1) is 12.9. The molecule has 0 saturated heterocycles. The fourth-order valence-corrected chi connectivity index (χ4v) is 3.24. The summed E-state index contributed by atoms with van der Waals surface area (Å²) >= 11 is 0. The molecule has 0 aromatic carbocycles. The van der Waals surface area contributed by atoms with Gasteiger partial charge in [0.05, 0.1) is 6.26 Å². The van der Waals surface area contributed by atoms with Crippen molar-refractivity contribution in [3.63, 3.8) is 0 Å². The van der Waals surface area contributed by atoms with Crippen molar-refractivity contribution < 1.29 is 14.3 Å². The highest BCUT2D eigenvalue weighted by atomic mass is 16.5. The van der Waals surface area contributed by atoms with E-state index in [1.165, 1.54) is 6.26 Å². The predicted molar refractivity (Wildman–Crippen MR) is 67.2 cm³/mol. The summed E-state index contributed by atoms with van der Waals surface area (Å²) in [6.07, 6.45) is 5.90. The van der Waals surface area contributed by atoms with Gasteiger partial charge >= 0.3 is 5.97 Å². The molecule has 2 aliphatic carbocycles. The number of ether oxygens (including phenoxy) is 1. The molecule has 4 heteroatoms. The summed E-state index contributed by atoms with van der Waals surface area (Å²) < 4.78 is 5.09. The van der Waals surface area contributed by atoms with Crippen LogP contribution in [-0.2, 0) is 14.3 Å². The Balaban J connectivity index is 2.12. The maximum atomic E-state index is 11.4. The van der Waals surface area contributed by atoms with E-state index in [2.05, 4.69) is 6.58 Å². The number of esters is 1. The monoisotopic (exact) mass is 249 g/mol. The van der Waals surface area contributed by atoms with Crippen LogP contribution in [0.5, 0.6) is 0 Å². The van der Waals surface area contributed by atoms with Crippen molar-refractivity contribution in [3.05, 3.63) is 24.0 Å². The van der Waals surface area contributed by atoms with Crippen LogP contribution in [0.4, 0.5) is 0 Å². The average Bonchev–Trinajstić information content (AvgIpc) is 2.81. The van der Waals surface area contributed by atoms with E-state index in [0.29, 0.717) is 17.9 Å². The number of carbonyl (C=O) groups excluding carboxylic acids is 2. The van der Waals surface area contributed by atoms with Crippen molar-refractivity contribution in [2.45, 2.75) is 39.0 Å². The average molecular weight is 249 g/mol. The van der Waals surface area contributed by atoms with Crippen molar-refractivity contribution in [3.8, 4) is 0 Å². The Morgan fingerprint density at radius 2 is 2.33 bits per heavy atom. The van der Waals surface area contributed by atoms with Crippen LogP contribution < -0.4 is 5.73 Å². The van der Waals surface area contributed by atoms with Crippen LogP contribution >= 0.6 is 0 Å². The van der Waals surface area contributed by atoms with Crippen LogP contribution in [0, 0.1) is 11.3 Å². The Bertz CT molecular complexity index is 438. The SMILES string of the molecule is C=C(C)C(=O)OC=C1CC2CCC1(CC(N)=O)C2. The van der Waals surface area contributed by atoms with E-state index >= 15 is 0 Å². The van der Waals surface area contributed by atoms with Gasteiger partial charge in [-0.05, 0) is 44.1 Å². The standard InChI is InChI=1S/C14H19NO3/c1-9(2)13(17)18-8-11-5-10-3-4-14(11,6-10)7-12(15)16/h8,10H,1,3-7H2,2H3,(H2,15,16). The third-order valence-corrected chi connectivity index (χ3v) is 4.07. The number of primary amides is 1. The van der Waals surface area contributed by atoms with E-state index in [1.54, 1.807) is 6.92 Å². The molecule has 4 nitrogen and oxygen atoms in total. The van der Waals surface area contributed by atoms with Gasteiger partial charge in [-0.2, -0.15) is 0 Å². The van der Waals surface area contributed by atoms with Gasteiger partial charge in [0.25, 0.3) is 0 Å². The molecule has 0 aromatic rings. The number of rotatable bonds is 4. The number of hydrogen-bond acceptors (Lipinski definition) is 3. The number of amides is 1. The van der Waals surface area contributed by atoms with Crippen molar-refractivity contribution in [2.24, 2.45) is 17.1 Å². The van der Waals surface area contributed by atoms with Crippen LogP contribution in [0.2, 0.25) is 0 Å². The van der Waals surface area contributed by atoms with E-state index in [-0.39, 0.29) is 11.3 Å². The second-order valence-electron chi connectivity index (χ2n) is 5.57. The Kier molecular flexibility index (Phi) is 3.28. The molecule has 2 N–H and O–H groups in total. The van der Waals surface area contributed by atoms with Gasteiger partial charge in [0.1, 0.15) is 0 Å². The van der Waals surface area contributed by atoms with Crippen LogP contribution in [-0.4, -0.2) is 11.9 Å². The van der Waals surface area contributed by atoms with Crippen molar-refractivity contribution in [1.29, 1.82) is 0 Å². The molecule has 2 aliphatic rings. The molecule has 0 spiro atoms. The molecule has 2 fully saturated rings. The third kappa shape index (κ3) is 2.33. The molecule has 2 bridgehead atoms. The molecule has 0 radical (unpaired) electrons. The summed E-state index contributed by atoms with van der Waals surface area (Å²) in [5, 5.41) is 0. The zero-order valence-electron chi connectivity index (χ0n) is 10.7. The second-order valence-corrected chi connectivity index (χ2v) is 5.57. The van der Waals surface area contributed by atoms with Crippen LogP contribution in [0.25, 0.3) is 0 Å².